The summed E-state index contributed by atoms with van der Waals surface area (Å²) in [6.07, 6.45) is -11.3. The van der Waals surface area contributed by atoms with Gasteiger partial charge in [0, 0.05) is 10.5 Å². The number of halogens is 6. The number of benzene rings is 3. The van der Waals surface area contributed by atoms with Crippen molar-refractivity contribution >= 4 is 20.1 Å². The van der Waals surface area contributed by atoms with Crippen molar-refractivity contribution in [2.75, 3.05) is 0 Å². The van der Waals surface area contributed by atoms with Crippen LogP contribution in [0.15, 0.2) is 89.8 Å². The van der Waals surface area contributed by atoms with E-state index < -0.39 is 38.1 Å². The van der Waals surface area contributed by atoms with Crippen LogP contribution in [0.1, 0.15) is 27.2 Å². The van der Waals surface area contributed by atoms with E-state index >= 15 is 0 Å². The summed E-state index contributed by atoms with van der Waals surface area (Å²) in [5, 5.41) is -0.997. The van der Waals surface area contributed by atoms with Crippen LogP contribution in [-0.4, -0.2) is 12.4 Å². The van der Waals surface area contributed by atoms with Crippen LogP contribution in [0.25, 0.3) is 0 Å². The fraction of sp³-hybridized carbons (Fsp3) is 0.217. The van der Waals surface area contributed by atoms with Gasteiger partial charge in [-0.15, -0.1) is 0 Å². The van der Waals surface area contributed by atoms with Gasteiger partial charge in [0.25, 0.3) is 5.60 Å². The van der Waals surface area contributed by atoms with Gasteiger partial charge in [-0.25, -0.2) is 0 Å². The number of hydrogen-bond acceptors (Lipinski definition) is 2. The minimum atomic E-state index is -5.67. The molecule has 2 aliphatic heterocycles. The second kappa shape index (κ2) is 7.20. The summed E-state index contributed by atoms with van der Waals surface area (Å²) in [6.45, 7) is 0. The SMILES string of the molecule is FC(F)(F)C1(C(F)(F)F)OS2(S[C@H](c3ccccc3)[C@@H]2c2ccccc2)c2ccccc21. The highest BCUT2D eigenvalue weighted by atomic mass is 33.2. The molecule has 5 rings (SSSR count). The Morgan fingerprint density at radius 2 is 1.19 bits per heavy atom. The fourth-order valence-electron chi connectivity index (χ4n) is 4.34. The molecule has 0 saturated carbocycles. The molecule has 0 aliphatic carbocycles. The molecule has 2 heterocycles. The molecule has 0 aromatic heterocycles. The van der Waals surface area contributed by atoms with E-state index in [0.29, 0.717) is 5.56 Å². The quantitative estimate of drug-likeness (QED) is 0.266. The number of fused-ring (bicyclic) bond motifs is 2. The van der Waals surface area contributed by atoms with Gasteiger partial charge in [0.2, 0.25) is 0 Å². The normalized spacial score (nSPS) is 28.6. The van der Waals surface area contributed by atoms with E-state index in [4.69, 9.17) is 4.18 Å². The summed E-state index contributed by atoms with van der Waals surface area (Å²) < 4.78 is 90.6. The van der Waals surface area contributed by atoms with E-state index in [0.717, 1.165) is 22.4 Å². The third-order valence-corrected chi connectivity index (χ3v) is 12.5. The summed E-state index contributed by atoms with van der Waals surface area (Å²) in [5.41, 5.74) is -3.71. The summed E-state index contributed by atoms with van der Waals surface area (Å²) in [6, 6.07) is 22.7. The topological polar surface area (TPSA) is 9.23 Å². The smallest absolute Gasteiger partial charge is 0.292 e. The molecule has 3 atom stereocenters. The van der Waals surface area contributed by atoms with E-state index in [2.05, 4.69) is 0 Å². The van der Waals surface area contributed by atoms with Crippen molar-refractivity contribution in [1.82, 2.24) is 0 Å². The first-order chi connectivity index (χ1) is 15.1. The zero-order valence-electron chi connectivity index (χ0n) is 16.2. The molecule has 1 unspecified atom stereocenters. The Balaban J connectivity index is 1.74. The fourth-order valence-corrected chi connectivity index (χ4v) is 11.9. The molecule has 0 amide bonds. The van der Waals surface area contributed by atoms with E-state index in [-0.39, 0.29) is 10.1 Å². The first-order valence-corrected chi connectivity index (χ1v) is 12.7. The third kappa shape index (κ3) is 2.87. The molecule has 1 fully saturated rings. The average molecular weight is 487 g/mol. The monoisotopic (exact) mass is 486 g/mol. The van der Waals surface area contributed by atoms with Crippen LogP contribution in [0.3, 0.4) is 0 Å². The third-order valence-electron chi connectivity index (χ3n) is 5.73. The first-order valence-electron chi connectivity index (χ1n) is 9.66. The molecule has 2 aliphatic rings. The average Bonchev–Trinajstić information content (AvgIpc) is 3.08. The highest BCUT2D eigenvalue weighted by molar-refractivity contribution is 8.95. The maximum Gasteiger partial charge on any atom is 0.432 e. The lowest BCUT2D eigenvalue weighted by Gasteiger charge is -2.57. The van der Waals surface area contributed by atoms with E-state index in [9.17, 15) is 26.3 Å². The molecule has 3 aromatic rings. The van der Waals surface area contributed by atoms with E-state index in [1.807, 2.05) is 18.2 Å². The Morgan fingerprint density at radius 3 is 1.75 bits per heavy atom. The molecule has 3 aromatic carbocycles. The van der Waals surface area contributed by atoms with Crippen LogP contribution in [0.4, 0.5) is 26.3 Å². The summed E-state index contributed by atoms with van der Waals surface area (Å²) in [5.74, 6) is 0. The van der Waals surface area contributed by atoms with Crippen LogP contribution in [0, 0.1) is 0 Å². The molecular formula is C23H16F6OS2. The molecule has 0 bridgehead atoms. The maximum absolute atomic E-state index is 14.2. The first kappa shape index (κ1) is 21.7. The summed E-state index contributed by atoms with van der Waals surface area (Å²) in [7, 11) is -1.93. The molecule has 0 N–H and O–H groups in total. The zero-order valence-corrected chi connectivity index (χ0v) is 17.9. The van der Waals surface area contributed by atoms with Crippen molar-refractivity contribution in [1.29, 1.82) is 0 Å². The molecule has 1 spiro atoms. The minimum absolute atomic E-state index is 0.000634. The van der Waals surface area contributed by atoms with Crippen molar-refractivity contribution in [3.05, 3.63) is 102 Å². The zero-order chi connectivity index (χ0) is 22.8. The Hall–Kier alpha value is -2.10. The van der Waals surface area contributed by atoms with Crippen molar-refractivity contribution in [2.45, 2.75) is 33.3 Å². The van der Waals surface area contributed by atoms with Gasteiger partial charge in [-0.2, -0.15) is 26.3 Å². The van der Waals surface area contributed by atoms with E-state index in [1.165, 1.54) is 18.2 Å². The molecule has 9 heteroatoms. The van der Waals surface area contributed by atoms with Crippen LogP contribution < -0.4 is 0 Å². The van der Waals surface area contributed by atoms with Gasteiger partial charge in [0.05, 0.1) is 10.5 Å². The predicted octanol–water partition coefficient (Wildman–Crippen LogP) is 8.26. The van der Waals surface area contributed by atoms with Gasteiger partial charge in [0.1, 0.15) is 0 Å². The second-order valence-corrected chi connectivity index (χ2v) is 12.5. The van der Waals surface area contributed by atoms with Gasteiger partial charge in [-0.05, 0) is 26.5 Å². The van der Waals surface area contributed by atoms with Gasteiger partial charge in [-0.3, -0.25) is 4.18 Å². The predicted molar refractivity (Wildman–Crippen MR) is 113 cm³/mol. The van der Waals surface area contributed by atoms with Crippen LogP contribution >= 0.6 is 20.1 Å². The molecule has 1 saturated heterocycles. The minimum Gasteiger partial charge on any atom is -0.292 e. The van der Waals surface area contributed by atoms with Crippen molar-refractivity contribution in [3.63, 3.8) is 0 Å². The van der Waals surface area contributed by atoms with Crippen molar-refractivity contribution < 1.29 is 30.5 Å². The maximum atomic E-state index is 14.2. The summed E-state index contributed by atoms with van der Waals surface area (Å²) in [4.78, 5) is 0.000634. The standard InChI is InChI=1S/C23H16F6OS2/c24-22(25,26)21(23(27,28)29)17-13-7-8-14-18(17)32(30-21)20(16-11-5-2-6-12-16)19(31-32)15-9-3-1-4-10-15/h1-14,19-20H/t19-,20+/m1/s1. The Morgan fingerprint density at radius 1 is 0.688 bits per heavy atom. The number of rotatable bonds is 2. The highest BCUT2D eigenvalue weighted by Gasteiger charge is 2.81. The molecular weight excluding hydrogens is 470 g/mol. The van der Waals surface area contributed by atoms with Crippen LogP contribution in [0.5, 0.6) is 0 Å². The Bertz CT molecular complexity index is 1120. The number of alkyl halides is 6. The molecule has 0 radical (unpaired) electrons. The Labute approximate surface area is 185 Å². The molecule has 1 nitrogen and oxygen atoms in total. The molecule has 32 heavy (non-hydrogen) atoms. The van der Waals surface area contributed by atoms with E-state index in [1.54, 1.807) is 42.5 Å². The van der Waals surface area contributed by atoms with Crippen LogP contribution in [-0.2, 0) is 9.78 Å². The van der Waals surface area contributed by atoms with Gasteiger partial charge >= 0.3 is 12.4 Å². The molecule has 168 valence electrons. The lowest BCUT2D eigenvalue weighted by Crippen LogP contribution is -2.54. The number of hydrogen-bond donors (Lipinski definition) is 0. The summed E-state index contributed by atoms with van der Waals surface area (Å²) >= 11 is 0. The lowest BCUT2D eigenvalue weighted by atomic mass is 9.92. The van der Waals surface area contributed by atoms with Crippen molar-refractivity contribution in [3.8, 4) is 0 Å². The highest BCUT2D eigenvalue weighted by Crippen LogP contribution is 2.96. The van der Waals surface area contributed by atoms with Crippen molar-refractivity contribution in [2.24, 2.45) is 0 Å². The van der Waals surface area contributed by atoms with Gasteiger partial charge < -0.3 is 0 Å². The largest absolute Gasteiger partial charge is 0.432 e. The van der Waals surface area contributed by atoms with Gasteiger partial charge in [-0.1, -0.05) is 89.7 Å². The van der Waals surface area contributed by atoms with Gasteiger partial charge in [0.15, 0.2) is 0 Å². The second-order valence-electron chi connectivity index (χ2n) is 7.56. The Kier molecular flexibility index (Phi) is 4.89. The lowest BCUT2D eigenvalue weighted by molar-refractivity contribution is -0.361. The van der Waals surface area contributed by atoms with Crippen LogP contribution in [0.2, 0.25) is 0 Å².